The molecular weight excluding hydrogens is 244 g/mol. The molecule has 2 rings (SSSR count). The van der Waals surface area contributed by atoms with Crippen LogP contribution < -0.4 is 5.73 Å². The number of hydrogen-bond donors (Lipinski definition) is 1. The number of hydrogen-bond acceptors (Lipinski definition) is 4. The van der Waals surface area contributed by atoms with Gasteiger partial charge in [0.25, 0.3) is 0 Å². The fourth-order valence-electron chi connectivity index (χ4n) is 1.02. The number of rotatable bonds is 1. The molecule has 14 heavy (non-hydrogen) atoms. The van der Waals surface area contributed by atoms with Gasteiger partial charge in [0.2, 0.25) is 0 Å². The molecule has 2 heterocycles. The molecule has 0 aliphatic heterocycles. The maximum atomic E-state index is 5.43. The lowest BCUT2D eigenvalue weighted by molar-refractivity contribution is 1.17. The molecule has 0 atom stereocenters. The minimum Gasteiger partial charge on any atom is -0.382 e. The summed E-state index contributed by atoms with van der Waals surface area (Å²) in [4.78, 5) is 12.3. The van der Waals surface area contributed by atoms with E-state index in [9.17, 15) is 0 Å². The third-order valence-corrected chi connectivity index (χ3v) is 2.09. The van der Waals surface area contributed by atoms with Crippen LogP contribution in [0.25, 0.3) is 11.4 Å². The zero-order valence-electron chi connectivity index (χ0n) is 7.18. The molecule has 5 heteroatoms. The summed E-state index contributed by atoms with van der Waals surface area (Å²) in [6.45, 7) is 0. The van der Waals surface area contributed by atoms with Crippen LogP contribution in [0.4, 0.5) is 5.82 Å². The molecule has 0 spiro atoms. The summed E-state index contributed by atoms with van der Waals surface area (Å²) in [7, 11) is 0. The molecule has 4 nitrogen and oxygen atoms in total. The van der Waals surface area contributed by atoms with E-state index in [1.807, 2.05) is 18.2 Å². The molecule has 2 N–H and O–H groups in total. The molecule has 0 aliphatic rings. The molecule has 0 unspecified atom stereocenters. The van der Waals surface area contributed by atoms with Gasteiger partial charge in [0.1, 0.15) is 16.1 Å². The van der Waals surface area contributed by atoms with Crippen LogP contribution in [0, 0.1) is 0 Å². The summed E-state index contributed by atoms with van der Waals surface area (Å²) >= 11 is 3.29. The van der Waals surface area contributed by atoms with Gasteiger partial charge in [-0.1, -0.05) is 6.07 Å². The third-order valence-electron chi connectivity index (χ3n) is 1.65. The maximum absolute atomic E-state index is 5.43. The van der Waals surface area contributed by atoms with Gasteiger partial charge in [0.05, 0.1) is 18.1 Å². The minimum absolute atomic E-state index is 0.406. The van der Waals surface area contributed by atoms with E-state index in [-0.39, 0.29) is 0 Å². The van der Waals surface area contributed by atoms with E-state index < -0.39 is 0 Å². The van der Waals surface area contributed by atoms with E-state index in [1.54, 1.807) is 6.20 Å². The van der Waals surface area contributed by atoms with Crippen LogP contribution in [0.5, 0.6) is 0 Å². The van der Waals surface area contributed by atoms with Gasteiger partial charge in [0.15, 0.2) is 0 Å². The second kappa shape index (κ2) is 3.71. The summed E-state index contributed by atoms with van der Waals surface area (Å²) in [5.41, 5.74) is 6.91. The van der Waals surface area contributed by atoms with Crippen molar-refractivity contribution in [3.63, 3.8) is 0 Å². The van der Waals surface area contributed by atoms with Gasteiger partial charge in [-0.15, -0.1) is 0 Å². The molecule has 0 saturated heterocycles. The van der Waals surface area contributed by atoms with E-state index in [2.05, 4.69) is 30.9 Å². The second-order valence-electron chi connectivity index (χ2n) is 2.67. The van der Waals surface area contributed by atoms with Crippen molar-refractivity contribution >= 4 is 21.7 Å². The topological polar surface area (TPSA) is 64.7 Å². The standard InChI is InChI=1S/C9H7BrN4/c10-8-3-1-2-6(14-8)7-4-13-9(11)5-12-7/h1-5H,(H2,11,13). The first-order valence-corrected chi connectivity index (χ1v) is 4.75. The van der Waals surface area contributed by atoms with Gasteiger partial charge in [-0.2, -0.15) is 0 Å². The van der Waals surface area contributed by atoms with Crippen LogP contribution in [0.1, 0.15) is 0 Å². The van der Waals surface area contributed by atoms with Crippen molar-refractivity contribution in [3.05, 3.63) is 35.2 Å². The molecule has 70 valence electrons. The van der Waals surface area contributed by atoms with Crippen molar-refractivity contribution in [3.8, 4) is 11.4 Å². The predicted octanol–water partition coefficient (Wildman–Crippen LogP) is 1.88. The SMILES string of the molecule is Nc1cnc(-c2cccc(Br)n2)cn1. The number of aromatic nitrogens is 3. The summed E-state index contributed by atoms with van der Waals surface area (Å²) in [5.74, 6) is 0.406. The Bertz CT molecular complexity index is 441. The highest BCUT2D eigenvalue weighted by Crippen LogP contribution is 2.16. The quantitative estimate of drug-likeness (QED) is 0.786. The minimum atomic E-state index is 0.406. The highest BCUT2D eigenvalue weighted by Gasteiger charge is 2.01. The first kappa shape index (κ1) is 9.08. The van der Waals surface area contributed by atoms with E-state index in [4.69, 9.17) is 5.73 Å². The summed E-state index contributed by atoms with van der Waals surface area (Å²) in [6, 6.07) is 5.61. The van der Waals surface area contributed by atoms with Gasteiger partial charge in [0, 0.05) is 0 Å². The van der Waals surface area contributed by atoms with Crippen molar-refractivity contribution in [2.45, 2.75) is 0 Å². The fourth-order valence-corrected chi connectivity index (χ4v) is 1.36. The zero-order valence-corrected chi connectivity index (χ0v) is 8.77. The highest BCUT2D eigenvalue weighted by atomic mass is 79.9. The monoisotopic (exact) mass is 250 g/mol. The van der Waals surface area contributed by atoms with Crippen LogP contribution in [-0.2, 0) is 0 Å². The van der Waals surface area contributed by atoms with Crippen LogP contribution in [0.15, 0.2) is 35.2 Å². The predicted molar refractivity (Wildman–Crippen MR) is 57.4 cm³/mol. The second-order valence-corrected chi connectivity index (χ2v) is 3.48. The Morgan fingerprint density at radius 2 is 1.93 bits per heavy atom. The maximum Gasteiger partial charge on any atom is 0.141 e. The summed E-state index contributed by atoms with van der Waals surface area (Å²) in [6.07, 6.45) is 3.11. The first-order valence-electron chi connectivity index (χ1n) is 3.96. The molecule has 0 saturated carbocycles. The Labute approximate surface area is 89.4 Å². The highest BCUT2D eigenvalue weighted by molar-refractivity contribution is 9.10. The Hall–Kier alpha value is -1.49. The number of pyridine rings is 1. The average Bonchev–Trinajstić information content (AvgIpc) is 2.19. The van der Waals surface area contributed by atoms with Crippen molar-refractivity contribution in [1.29, 1.82) is 0 Å². The van der Waals surface area contributed by atoms with E-state index >= 15 is 0 Å². The molecule has 0 aromatic carbocycles. The molecule has 0 bridgehead atoms. The van der Waals surface area contributed by atoms with Crippen LogP contribution in [0.2, 0.25) is 0 Å². The van der Waals surface area contributed by atoms with Crippen molar-refractivity contribution in [1.82, 2.24) is 15.0 Å². The Balaban J connectivity index is 2.44. The molecule has 2 aromatic rings. The largest absolute Gasteiger partial charge is 0.382 e. The molecule has 0 aliphatic carbocycles. The third kappa shape index (κ3) is 1.88. The smallest absolute Gasteiger partial charge is 0.141 e. The number of anilines is 1. The number of halogens is 1. The van der Waals surface area contributed by atoms with Gasteiger partial charge < -0.3 is 5.73 Å². The first-order chi connectivity index (χ1) is 6.75. The fraction of sp³-hybridized carbons (Fsp3) is 0. The van der Waals surface area contributed by atoms with Gasteiger partial charge >= 0.3 is 0 Å². The molecule has 0 amide bonds. The van der Waals surface area contributed by atoms with Crippen LogP contribution in [-0.4, -0.2) is 15.0 Å². The van der Waals surface area contributed by atoms with Crippen molar-refractivity contribution in [2.75, 3.05) is 5.73 Å². The Morgan fingerprint density at radius 1 is 1.07 bits per heavy atom. The number of nitrogen functional groups attached to an aromatic ring is 1. The summed E-state index contributed by atoms with van der Waals surface area (Å²) in [5, 5.41) is 0. The molecular formula is C9H7BrN4. The lowest BCUT2D eigenvalue weighted by Crippen LogP contribution is -1.93. The van der Waals surface area contributed by atoms with Gasteiger partial charge in [-0.25, -0.2) is 15.0 Å². The Morgan fingerprint density at radius 3 is 2.57 bits per heavy atom. The molecule has 0 fully saturated rings. The normalized spacial score (nSPS) is 10.1. The number of nitrogens with zero attached hydrogens (tertiary/aromatic N) is 3. The van der Waals surface area contributed by atoms with Crippen molar-refractivity contribution < 1.29 is 0 Å². The lowest BCUT2D eigenvalue weighted by atomic mass is 10.3. The van der Waals surface area contributed by atoms with Crippen LogP contribution in [0.3, 0.4) is 0 Å². The Kier molecular flexibility index (Phi) is 2.41. The van der Waals surface area contributed by atoms with Gasteiger partial charge in [-0.3, -0.25) is 0 Å². The van der Waals surface area contributed by atoms with Crippen LogP contribution >= 0.6 is 15.9 Å². The van der Waals surface area contributed by atoms with E-state index in [0.29, 0.717) is 11.5 Å². The number of nitrogens with two attached hydrogens (primary N) is 1. The molecule has 0 radical (unpaired) electrons. The van der Waals surface area contributed by atoms with Crippen molar-refractivity contribution in [2.24, 2.45) is 0 Å². The van der Waals surface area contributed by atoms with E-state index in [0.717, 1.165) is 10.3 Å². The molecule has 2 aromatic heterocycles. The lowest BCUT2D eigenvalue weighted by Gasteiger charge is -1.99. The zero-order chi connectivity index (χ0) is 9.97. The average molecular weight is 251 g/mol. The van der Waals surface area contributed by atoms with Gasteiger partial charge in [-0.05, 0) is 28.1 Å². The summed E-state index contributed by atoms with van der Waals surface area (Å²) < 4.78 is 0.772. The van der Waals surface area contributed by atoms with E-state index in [1.165, 1.54) is 6.20 Å².